The molecule has 0 aliphatic carbocycles. The monoisotopic (exact) mass is 407 g/mol. The minimum absolute atomic E-state index is 0.0868. The lowest BCUT2D eigenvalue weighted by Gasteiger charge is -2.34. The van der Waals surface area contributed by atoms with Crippen LogP contribution in [0.4, 0.5) is 4.79 Å². The van der Waals surface area contributed by atoms with Crippen LogP contribution < -0.4 is 10.1 Å². The molecule has 2 N–H and O–H groups in total. The summed E-state index contributed by atoms with van der Waals surface area (Å²) in [6, 6.07) is 11.5. The highest BCUT2D eigenvalue weighted by atomic mass is 16.5. The number of H-pyrrole nitrogens is 1. The van der Waals surface area contributed by atoms with Crippen LogP contribution in [-0.4, -0.2) is 65.0 Å². The van der Waals surface area contributed by atoms with Crippen molar-refractivity contribution in [1.82, 2.24) is 25.1 Å². The molecule has 1 aliphatic rings. The first kappa shape index (κ1) is 19.8. The number of hydrogen-bond acceptors (Lipinski definition) is 4. The van der Waals surface area contributed by atoms with E-state index in [0.717, 1.165) is 22.0 Å². The van der Waals surface area contributed by atoms with Gasteiger partial charge in [0, 0.05) is 62.1 Å². The van der Waals surface area contributed by atoms with Crippen molar-refractivity contribution in [3.8, 4) is 5.88 Å². The summed E-state index contributed by atoms with van der Waals surface area (Å²) in [5.74, 6) is 0.604. The van der Waals surface area contributed by atoms with E-state index in [1.165, 1.54) is 0 Å². The number of nitrogens with zero attached hydrogens (tertiary/aromatic N) is 3. The molecule has 8 heteroatoms. The first-order chi connectivity index (χ1) is 14.6. The van der Waals surface area contributed by atoms with Gasteiger partial charge in [-0.1, -0.05) is 18.2 Å². The van der Waals surface area contributed by atoms with Gasteiger partial charge < -0.3 is 24.8 Å². The van der Waals surface area contributed by atoms with Gasteiger partial charge in [0.25, 0.3) is 0 Å². The van der Waals surface area contributed by atoms with Gasteiger partial charge >= 0.3 is 6.03 Å². The minimum Gasteiger partial charge on any atom is -0.481 e. The van der Waals surface area contributed by atoms with E-state index in [0.29, 0.717) is 45.0 Å². The predicted molar refractivity (Wildman–Crippen MR) is 113 cm³/mol. The van der Waals surface area contributed by atoms with Crippen molar-refractivity contribution in [2.75, 3.05) is 33.3 Å². The molecule has 0 saturated carbocycles. The summed E-state index contributed by atoms with van der Waals surface area (Å²) in [5.41, 5.74) is 2.96. The van der Waals surface area contributed by atoms with Crippen LogP contribution in [0.3, 0.4) is 0 Å². The summed E-state index contributed by atoms with van der Waals surface area (Å²) >= 11 is 0. The van der Waals surface area contributed by atoms with Gasteiger partial charge in [-0.2, -0.15) is 0 Å². The van der Waals surface area contributed by atoms with Crippen LogP contribution in [0.5, 0.6) is 5.88 Å². The summed E-state index contributed by atoms with van der Waals surface area (Å²) in [6.45, 7) is 2.52. The fraction of sp³-hybridized carbons (Fsp3) is 0.318. The summed E-state index contributed by atoms with van der Waals surface area (Å²) in [6.07, 6.45) is 3.92. The van der Waals surface area contributed by atoms with E-state index >= 15 is 0 Å². The average molecular weight is 407 g/mol. The predicted octanol–water partition coefficient (Wildman–Crippen LogP) is 2.17. The number of amides is 3. The van der Waals surface area contributed by atoms with Gasteiger partial charge in [0.1, 0.15) is 0 Å². The van der Waals surface area contributed by atoms with Gasteiger partial charge in [-0.05, 0) is 23.3 Å². The number of para-hydroxylation sites is 1. The maximum Gasteiger partial charge on any atom is 0.317 e. The highest BCUT2D eigenvalue weighted by molar-refractivity contribution is 5.89. The van der Waals surface area contributed by atoms with E-state index in [2.05, 4.69) is 15.3 Å². The van der Waals surface area contributed by atoms with E-state index in [9.17, 15) is 9.59 Å². The average Bonchev–Trinajstić information content (AvgIpc) is 3.20. The molecule has 1 aliphatic heterocycles. The third kappa shape index (κ3) is 4.37. The molecule has 8 nitrogen and oxygen atoms in total. The largest absolute Gasteiger partial charge is 0.481 e. The summed E-state index contributed by atoms with van der Waals surface area (Å²) in [5, 5.41) is 4.00. The highest BCUT2D eigenvalue weighted by Crippen LogP contribution is 2.19. The Balaban J connectivity index is 1.26. The molecule has 0 bridgehead atoms. The van der Waals surface area contributed by atoms with Crippen LogP contribution in [0.1, 0.15) is 11.1 Å². The van der Waals surface area contributed by atoms with Crippen molar-refractivity contribution in [2.45, 2.75) is 13.0 Å². The van der Waals surface area contributed by atoms with Crippen LogP contribution in [-0.2, 0) is 17.8 Å². The lowest BCUT2D eigenvalue weighted by Crippen LogP contribution is -2.53. The normalized spacial score (nSPS) is 14.0. The number of carbonyl (C=O) groups is 2. The molecule has 156 valence electrons. The van der Waals surface area contributed by atoms with E-state index < -0.39 is 0 Å². The lowest BCUT2D eigenvalue weighted by molar-refractivity contribution is -0.131. The molecule has 0 atom stereocenters. The Morgan fingerprint density at radius 3 is 2.70 bits per heavy atom. The van der Waals surface area contributed by atoms with E-state index in [-0.39, 0.29) is 11.9 Å². The molecule has 30 heavy (non-hydrogen) atoms. The Labute approximate surface area is 174 Å². The van der Waals surface area contributed by atoms with Gasteiger partial charge in [-0.15, -0.1) is 0 Å². The summed E-state index contributed by atoms with van der Waals surface area (Å²) in [7, 11) is 1.56. The second-order valence-corrected chi connectivity index (χ2v) is 7.27. The van der Waals surface area contributed by atoms with Gasteiger partial charge in [0.15, 0.2) is 0 Å². The first-order valence-electron chi connectivity index (χ1n) is 9.98. The molecule has 1 fully saturated rings. The SMILES string of the molecule is COc1cc(CNC(=O)N2CCN(C(=O)Cc3c[nH]c4ccccc34)CC2)ccn1. The van der Waals surface area contributed by atoms with Crippen LogP contribution in [0.15, 0.2) is 48.8 Å². The van der Waals surface area contributed by atoms with Crippen LogP contribution >= 0.6 is 0 Å². The van der Waals surface area contributed by atoms with Gasteiger partial charge in [0.05, 0.1) is 13.5 Å². The number of rotatable bonds is 5. The molecule has 3 aromatic rings. The highest BCUT2D eigenvalue weighted by Gasteiger charge is 2.24. The quantitative estimate of drug-likeness (QED) is 0.678. The van der Waals surface area contributed by atoms with Crippen LogP contribution in [0.2, 0.25) is 0 Å². The van der Waals surface area contributed by atoms with Gasteiger partial charge in [-0.3, -0.25) is 4.79 Å². The summed E-state index contributed by atoms with van der Waals surface area (Å²) in [4.78, 5) is 36.0. The number of carbonyl (C=O) groups excluding carboxylic acids is 2. The van der Waals surface area contributed by atoms with E-state index in [1.807, 2.05) is 41.4 Å². The molecular weight excluding hydrogens is 382 g/mol. The second-order valence-electron chi connectivity index (χ2n) is 7.27. The number of ether oxygens (including phenoxy) is 1. The molecule has 0 spiro atoms. The van der Waals surface area contributed by atoms with Crippen molar-refractivity contribution in [3.63, 3.8) is 0 Å². The molecule has 0 radical (unpaired) electrons. The number of hydrogen-bond donors (Lipinski definition) is 2. The minimum atomic E-state index is -0.130. The topological polar surface area (TPSA) is 90.6 Å². The van der Waals surface area contributed by atoms with E-state index in [1.54, 1.807) is 24.3 Å². The number of aromatic nitrogens is 2. The lowest BCUT2D eigenvalue weighted by atomic mass is 10.1. The molecule has 1 saturated heterocycles. The zero-order chi connectivity index (χ0) is 20.9. The van der Waals surface area contributed by atoms with Crippen molar-refractivity contribution < 1.29 is 14.3 Å². The van der Waals surface area contributed by atoms with Gasteiger partial charge in [0.2, 0.25) is 11.8 Å². The van der Waals surface area contributed by atoms with Crippen molar-refractivity contribution in [3.05, 3.63) is 59.9 Å². The standard InChI is InChI=1S/C22H25N5O3/c1-30-20-12-16(6-7-23-20)14-25-22(29)27-10-8-26(9-11-27)21(28)13-17-15-24-19-5-3-2-4-18(17)19/h2-7,12,15,24H,8-11,13-14H2,1H3,(H,25,29). The molecule has 3 amide bonds. The fourth-order valence-corrected chi connectivity index (χ4v) is 3.67. The Morgan fingerprint density at radius 2 is 1.90 bits per heavy atom. The molecule has 2 aromatic heterocycles. The van der Waals surface area contributed by atoms with Crippen molar-refractivity contribution in [2.24, 2.45) is 0 Å². The molecule has 1 aromatic carbocycles. The summed E-state index contributed by atoms with van der Waals surface area (Å²) < 4.78 is 5.10. The Hall–Kier alpha value is -3.55. The maximum atomic E-state index is 12.7. The maximum absolute atomic E-state index is 12.7. The third-order valence-corrected chi connectivity index (χ3v) is 5.39. The fourth-order valence-electron chi connectivity index (χ4n) is 3.67. The number of aromatic amines is 1. The smallest absolute Gasteiger partial charge is 0.317 e. The molecule has 4 rings (SSSR count). The number of urea groups is 1. The Morgan fingerprint density at radius 1 is 1.13 bits per heavy atom. The number of methoxy groups -OCH3 is 1. The van der Waals surface area contributed by atoms with E-state index in [4.69, 9.17) is 4.74 Å². The van der Waals surface area contributed by atoms with Gasteiger partial charge in [-0.25, -0.2) is 9.78 Å². The number of benzene rings is 1. The molecule has 3 heterocycles. The second kappa shape index (κ2) is 8.86. The first-order valence-corrected chi connectivity index (χ1v) is 9.98. The number of fused-ring (bicyclic) bond motifs is 1. The zero-order valence-corrected chi connectivity index (χ0v) is 16.9. The Bertz CT molecular complexity index is 1040. The Kier molecular flexibility index (Phi) is 5.83. The number of pyridine rings is 1. The zero-order valence-electron chi connectivity index (χ0n) is 16.9. The van der Waals surface area contributed by atoms with Crippen LogP contribution in [0.25, 0.3) is 10.9 Å². The molecular formula is C22H25N5O3. The van der Waals surface area contributed by atoms with Crippen molar-refractivity contribution in [1.29, 1.82) is 0 Å². The molecule has 0 unspecified atom stereocenters. The van der Waals surface area contributed by atoms with Crippen LogP contribution in [0, 0.1) is 0 Å². The van der Waals surface area contributed by atoms with Crippen molar-refractivity contribution >= 4 is 22.8 Å². The number of piperazine rings is 1. The third-order valence-electron chi connectivity index (χ3n) is 5.39. The number of nitrogens with one attached hydrogen (secondary N) is 2.